The third kappa shape index (κ3) is 2.01. The lowest BCUT2D eigenvalue weighted by molar-refractivity contribution is 0.101. The van der Waals surface area contributed by atoms with Gasteiger partial charge in [0.2, 0.25) is 0 Å². The summed E-state index contributed by atoms with van der Waals surface area (Å²) in [6, 6.07) is 13.8. The van der Waals surface area contributed by atoms with E-state index >= 15 is 0 Å². The van der Waals surface area contributed by atoms with Crippen molar-refractivity contribution in [3.05, 3.63) is 70.5 Å². The fourth-order valence-corrected chi connectivity index (χ4v) is 3.97. The molecule has 0 spiro atoms. The van der Waals surface area contributed by atoms with Crippen LogP contribution in [0.4, 0.5) is 4.39 Å². The fourth-order valence-electron chi connectivity index (χ4n) is 3.97. The van der Waals surface area contributed by atoms with Gasteiger partial charge < -0.3 is 4.74 Å². The zero-order chi connectivity index (χ0) is 14.4. The van der Waals surface area contributed by atoms with E-state index in [1.165, 1.54) is 16.7 Å². The molecule has 0 N–H and O–H groups in total. The molecular weight excluding hydrogens is 263 g/mol. The van der Waals surface area contributed by atoms with Crippen LogP contribution in [0, 0.1) is 11.7 Å². The Morgan fingerprint density at radius 2 is 1.90 bits per heavy atom. The molecule has 1 saturated heterocycles. The van der Waals surface area contributed by atoms with Gasteiger partial charge in [-0.25, -0.2) is 4.39 Å². The first-order valence-corrected chi connectivity index (χ1v) is 7.75. The molecule has 2 aromatic carbocycles. The minimum atomic E-state index is -0.165. The van der Waals surface area contributed by atoms with Gasteiger partial charge in [-0.3, -0.25) is 0 Å². The van der Waals surface area contributed by atoms with Crippen molar-refractivity contribution in [1.82, 2.24) is 0 Å². The number of fused-ring (bicyclic) bond motifs is 5. The van der Waals surface area contributed by atoms with Gasteiger partial charge in [-0.05, 0) is 46.7 Å². The molecular formula is C19H19FO. The number of hydrogen-bond donors (Lipinski definition) is 0. The quantitative estimate of drug-likeness (QED) is 0.742. The van der Waals surface area contributed by atoms with Crippen LogP contribution in [0.1, 0.15) is 47.6 Å². The second-order valence-corrected chi connectivity index (χ2v) is 6.17. The topological polar surface area (TPSA) is 9.23 Å². The molecule has 0 amide bonds. The molecule has 108 valence electrons. The van der Waals surface area contributed by atoms with E-state index < -0.39 is 0 Å². The Hall–Kier alpha value is -1.67. The Morgan fingerprint density at radius 3 is 2.76 bits per heavy atom. The summed E-state index contributed by atoms with van der Waals surface area (Å²) in [5.41, 5.74) is 5.01. The van der Waals surface area contributed by atoms with E-state index in [1.807, 2.05) is 6.07 Å². The summed E-state index contributed by atoms with van der Waals surface area (Å²) in [6.07, 6.45) is 1.97. The summed E-state index contributed by atoms with van der Waals surface area (Å²) < 4.78 is 19.8. The molecule has 21 heavy (non-hydrogen) atoms. The van der Waals surface area contributed by atoms with Gasteiger partial charge in [-0.2, -0.15) is 0 Å². The van der Waals surface area contributed by atoms with Crippen LogP contribution < -0.4 is 0 Å². The first kappa shape index (κ1) is 13.0. The number of halogens is 1. The third-order valence-electron chi connectivity index (χ3n) is 5.06. The molecule has 0 saturated carbocycles. The molecule has 1 heterocycles. The van der Waals surface area contributed by atoms with E-state index in [4.69, 9.17) is 4.74 Å². The second-order valence-electron chi connectivity index (χ2n) is 6.17. The van der Waals surface area contributed by atoms with E-state index in [1.54, 1.807) is 12.1 Å². The van der Waals surface area contributed by atoms with E-state index in [-0.39, 0.29) is 11.9 Å². The molecule has 2 aliphatic rings. The number of benzene rings is 2. The van der Waals surface area contributed by atoms with Crippen molar-refractivity contribution >= 4 is 0 Å². The van der Waals surface area contributed by atoms with E-state index in [9.17, 15) is 4.39 Å². The molecule has 1 fully saturated rings. The highest BCUT2D eigenvalue weighted by molar-refractivity contribution is 5.45. The van der Waals surface area contributed by atoms with Gasteiger partial charge in [0.25, 0.3) is 0 Å². The van der Waals surface area contributed by atoms with Gasteiger partial charge >= 0.3 is 0 Å². The summed E-state index contributed by atoms with van der Waals surface area (Å²) >= 11 is 0. The van der Waals surface area contributed by atoms with Crippen LogP contribution in [0.2, 0.25) is 0 Å². The zero-order valence-electron chi connectivity index (χ0n) is 12.2. The molecule has 0 bridgehead atoms. The lowest BCUT2D eigenvalue weighted by Gasteiger charge is -2.23. The number of hydrogen-bond acceptors (Lipinski definition) is 1. The van der Waals surface area contributed by atoms with E-state index in [0.29, 0.717) is 11.8 Å². The van der Waals surface area contributed by atoms with Crippen LogP contribution in [0.25, 0.3) is 0 Å². The van der Waals surface area contributed by atoms with E-state index in [2.05, 4.69) is 31.2 Å². The van der Waals surface area contributed by atoms with Crippen LogP contribution >= 0.6 is 0 Å². The van der Waals surface area contributed by atoms with Crippen LogP contribution in [0.15, 0.2) is 42.5 Å². The van der Waals surface area contributed by atoms with Gasteiger partial charge in [-0.15, -0.1) is 0 Å². The van der Waals surface area contributed by atoms with Crippen LogP contribution in [0.3, 0.4) is 0 Å². The Bertz CT molecular complexity index is 679. The molecule has 1 aliphatic carbocycles. The minimum absolute atomic E-state index is 0.00398. The summed E-state index contributed by atoms with van der Waals surface area (Å²) in [5.74, 6) is 0.710. The van der Waals surface area contributed by atoms with Crippen molar-refractivity contribution in [2.24, 2.45) is 5.92 Å². The standard InChI is InChI=1S/C19H19FO/c1-2-12-11-21-19-17-10-15(20)8-7-14(17)9-13-5-3-4-6-16(13)18(12)19/h3-8,10,12,18-19H,2,9,11H2,1H3/t12?,18-,19+/m1/s1. The van der Waals surface area contributed by atoms with Crippen LogP contribution in [-0.2, 0) is 11.2 Å². The largest absolute Gasteiger partial charge is 0.373 e. The van der Waals surface area contributed by atoms with Gasteiger partial charge in [0, 0.05) is 5.92 Å². The average molecular weight is 282 g/mol. The highest BCUT2D eigenvalue weighted by Gasteiger charge is 2.41. The monoisotopic (exact) mass is 282 g/mol. The Morgan fingerprint density at radius 1 is 1.10 bits per heavy atom. The van der Waals surface area contributed by atoms with E-state index in [0.717, 1.165) is 25.0 Å². The highest BCUT2D eigenvalue weighted by atomic mass is 19.1. The first-order valence-electron chi connectivity index (χ1n) is 7.75. The van der Waals surface area contributed by atoms with Gasteiger partial charge in [0.05, 0.1) is 12.7 Å². The Labute approximate surface area is 124 Å². The van der Waals surface area contributed by atoms with Gasteiger partial charge in [0.15, 0.2) is 0 Å². The van der Waals surface area contributed by atoms with Crippen LogP contribution in [-0.4, -0.2) is 6.61 Å². The maximum absolute atomic E-state index is 13.7. The van der Waals surface area contributed by atoms with Gasteiger partial charge in [0.1, 0.15) is 5.82 Å². The summed E-state index contributed by atoms with van der Waals surface area (Å²) in [7, 11) is 0. The average Bonchev–Trinajstić information content (AvgIpc) is 2.87. The normalized spacial score (nSPS) is 26.7. The number of rotatable bonds is 1. The molecule has 3 atom stereocenters. The zero-order valence-corrected chi connectivity index (χ0v) is 12.2. The Balaban J connectivity index is 1.93. The smallest absolute Gasteiger partial charge is 0.123 e. The predicted octanol–water partition coefficient (Wildman–Crippen LogP) is 4.61. The molecule has 2 heteroatoms. The maximum Gasteiger partial charge on any atom is 0.123 e. The fraction of sp³-hybridized carbons (Fsp3) is 0.368. The van der Waals surface area contributed by atoms with Crippen LogP contribution in [0.5, 0.6) is 0 Å². The lowest BCUT2D eigenvalue weighted by Crippen LogP contribution is -2.13. The summed E-state index contributed by atoms with van der Waals surface area (Å²) in [4.78, 5) is 0. The molecule has 1 unspecified atom stereocenters. The van der Waals surface area contributed by atoms with Crippen molar-refractivity contribution in [2.75, 3.05) is 6.61 Å². The van der Waals surface area contributed by atoms with Gasteiger partial charge in [-0.1, -0.05) is 43.7 Å². The predicted molar refractivity (Wildman–Crippen MR) is 80.9 cm³/mol. The molecule has 0 radical (unpaired) electrons. The molecule has 0 aromatic heterocycles. The number of ether oxygens (including phenoxy) is 1. The van der Waals surface area contributed by atoms with Crippen molar-refractivity contribution in [3.8, 4) is 0 Å². The highest BCUT2D eigenvalue weighted by Crippen LogP contribution is 2.50. The van der Waals surface area contributed by atoms with Crippen molar-refractivity contribution in [3.63, 3.8) is 0 Å². The molecule has 1 aliphatic heterocycles. The van der Waals surface area contributed by atoms with Crippen molar-refractivity contribution in [1.29, 1.82) is 0 Å². The lowest BCUT2D eigenvalue weighted by atomic mass is 9.80. The summed E-state index contributed by atoms with van der Waals surface area (Å²) in [6.45, 7) is 2.99. The summed E-state index contributed by atoms with van der Waals surface area (Å²) in [5, 5.41) is 0. The molecule has 2 aromatic rings. The van der Waals surface area contributed by atoms with Crippen molar-refractivity contribution in [2.45, 2.75) is 31.8 Å². The third-order valence-corrected chi connectivity index (χ3v) is 5.06. The molecule has 1 nitrogen and oxygen atoms in total. The maximum atomic E-state index is 13.7. The van der Waals surface area contributed by atoms with Crippen molar-refractivity contribution < 1.29 is 9.13 Å². The second kappa shape index (κ2) is 4.96. The minimum Gasteiger partial charge on any atom is -0.373 e. The molecule has 4 rings (SSSR count). The first-order chi connectivity index (χ1) is 10.3. The SMILES string of the molecule is CCC1CO[C@H]2c3cc(F)ccc3Cc3ccccc3[C@@H]12. The Kier molecular flexibility index (Phi) is 3.07.